The molecule has 106 valence electrons. The van der Waals surface area contributed by atoms with Crippen molar-refractivity contribution in [3.8, 4) is 12.1 Å². The van der Waals surface area contributed by atoms with Gasteiger partial charge in [-0.05, 0) is 18.6 Å². The highest BCUT2D eigenvalue weighted by molar-refractivity contribution is 5.50. The Morgan fingerprint density at radius 1 is 1.14 bits per heavy atom. The predicted octanol–water partition coefficient (Wildman–Crippen LogP) is 3.72. The summed E-state index contributed by atoms with van der Waals surface area (Å²) in [5.74, 6) is -0.362. The van der Waals surface area contributed by atoms with Crippen LogP contribution in [0.2, 0.25) is 0 Å². The third-order valence-corrected chi connectivity index (χ3v) is 3.22. The maximum atomic E-state index is 13.6. The molecule has 3 nitrogen and oxygen atoms in total. The van der Waals surface area contributed by atoms with E-state index in [1.54, 1.807) is 6.07 Å². The molecule has 2 rings (SSSR count). The van der Waals surface area contributed by atoms with E-state index < -0.39 is 17.4 Å². The molecule has 0 saturated carbocycles. The Balaban J connectivity index is 2.69. The third kappa shape index (κ3) is 2.15. The second-order valence-corrected chi connectivity index (χ2v) is 4.44. The van der Waals surface area contributed by atoms with Crippen LogP contribution in [0, 0.1) is 22.7 Å². The van der Waals surface area contributed by atoms with Gasteiger partial charge >= 0.3 is 6.18 Å². The Morgan fingerprint density at radius 2 is 1.71 bits per heavy atom. The number of allylic oxidation sites excluding steroid dienone is 2. The number of halogens is 3. The maximum absolute atomic E-state index is 13.6. The number of hydrogen-bond donors (Lipinski definition) is 0. The topological polar surface area (TPSA) is 56.8 Å². The van der Waals surface area contributed by atoms with Crippen molar-refractivity contribution >= 4 is 0 Å². The lowest BCUT2D eigenvalue weighted by molar-refractivity contribution is -0.250. The van der Waals surface area contributed by atoms with E-state index in [0.29, 0.717) is 0 Å². The quantitative estimate of drug-likeness (QED) is 0.741. The molecule has 0 bridgehead atoms. The van der Waals surface area contributed by atoms with Gasteiger partial charge in [-0.2, -0.15) is 23.7 Å². The fourth-order valence-corrected chi connectivity index (χ4v) is 2.24. The van der Waals surface area contributed by atoms with E-state index in [9.17, 15) is 13.2 Å². The minimum Gasteiger partial charge on any atom is -0.466 e. The highest BCUT2D eigenvalue weighted by Gasteiger charge is 2.62. The highest BCUT2D eigenvalue weighted by Crippen LogP contribution is 2.52. The Kier molecular flexibility index (Phi) is 3.49. The van der Waals surface area contributed by atoms with Crippen LogP contribution in [0.3, 0.4) is 0 Å². The first-order valence-electron chi connectivity index (χ1n) is 5.91. The van der Waals surface area contributed by atoms with Gasteiger partial charge in [0.25, 0.3) is 0 Å². The van der Waals surface area contributed by atoms with Gasteiger partial charge in [0.1, 0.15) is 17.9 Å². The third-order valence-electron chi connectivity index (χ3n) is 3.22. The largest absolute Gasteiger partial charge is 0.466 e. The summed E-state index contributed by atoms with van der Waals surface area (Å²) in [6.45, 7) is 1.26. The van der Waals surface area contributed by atoms with E-state index in [0.717, 1.165) is 6.08 Å². The Morgan fingerprint density at radius 3 is 2.19 bits per heavy atom. The fraction of sp³-hybridized carbons (Fsp3) is 0.200. The first-order valence-corrected chi connectivity index (χ1v) is 5.91. The Bertz CT molecular complexity index is 689. The fourth-order valence-electron chi connectivity index (χ4n) is 2.24. The minimum atomic E-state index is -4.73. The molecule has 0 spiro atoms. The molecule has 1 atom stereocenters. The lowest BCUT2D eigenvalue weighted by Crippen LogP contribution is -2.43. The lowest BCUT2D eigenvalue weighted by atomic mass is 9.87. The Hall–Kier alpha value is -2.73. The van der Waals surface area contributed by atoms with Crippen molar-refractivity contribution in [2.24, 2.45) is 0 Å². The van der Waals surface area contributed by atoms with Crippen molar-refractivity contribution in [2.45, 2.75) is 18.7 Å². The average molecular weight is 290 g/mol. The summed E-state index contributed by atoms with van der Waals surface area (Å²) in [4.78, 5) is 0. The van der Waals surface area contributed by atoms with Crippen LogP contribution in [-0.2, 0) is 10.3 Å². The number of nitrogens with zero attached hydrogens (tertiary/aromatic N) is 2. The number of ether oxygens (including phenoxy) is 1. The van der Waals surface area contributed by atoms with Crippen LogP contribution in [-0.4, -0.2) is 6.18 Å². The molecule has 0 amide bonds. The van der Waals surface area contributed by atoms with Crippen molar-refractivity contribution in [3.63, 3.8) is 0 Å². The molecular weight excluding hydrogens is 281 g/mol. The van der Waals surface area contributed by atoms with Crippen LogP contribution in [0.5, 0.6) is 0 Å². The van der Waals surface area contributed by atoms with Crippen LogP contribution in [0.25, 0.3) is 0 Å². The standard InChI is InChI=1S/C15H9F3N2O/c1-10-7-13(11(8-19)9-20)21-14(10,15(16,17)18)12-5-3-2-4-6-12/h2-7H,1H3. The molecule has 1 aliphatic rings. The molecule has 1 aromatic rings. The average Bonchev–Trinajstić information content (AvgIpc) is 2.79. The zero-order chi connectivity index (χ0) is 15.7. The van der Waals surface area contributed by atoms with Gasteiger partial charge in [0.15, 0.2) is 5.57 Å². The van der Waals surface area contributed by atoms with Crippen molar-refractivity contribution in [3.05, 3.63) is 58.9 Å². The van der Waals surface area contributed by atoms with E-state index in [2.05, 4.69) is 0 Å². The van der Waals surface area contributed by atoms with Gasteiger partial charge < -0.3 is 4.74 Å². The molecule has 0 radical (unpaired) electrons. The second-order valence-electron chi connectivity index (χ2n) is 4.44. The first kappa shape index (κ1) is 14.7. The van der Waals surface area contributed by atoms with Crippen LogP contribution < -0.4 is 0 Å². The molecular formula is C15H9F3N2O. The molecule has 21 heavy (non-hydrogen) atoms. The number of nitriles is 2. The molecule has 0 fully saturated rings. The molecule has 0 saturated heterocycles. The summed E-state index contributed by atoms with van der Waals surface area (Å²) < 4.78 is 46.0. The predicted molar refractivity (Wildman–Crippen MR) is 67.3 cm³/mol. The second kappa shape index (κ2) is 4.99. The molecule has 0 aromatic heterocycles. The van der Waals surface area contributed by atoms with Gasteiger partial charge in [-0.3, -0.25) is 0 Å². The highest BCUT2D eigenvalue weighted by atomic mass is 19.4. The number of benzene rings is 1. The van der Waals surface area contributed by atoms with Gasteiger partial charge in [-0.25, -0.2) is 0 Å². The van der Waals surface area contributed by atoms with Crippen molar-refractivity contribution in [1.29, 1.82) is 10.5 Å². The van der Waals surface area contributed by atoms with E-state index in [-0.39, 0.29) is 16.9 Å². The van der Waals surface area contributed by atoms with Crippen LogP contribution in [0.15, 0.2) is 53.3 Å². The van der Waals surface area contributed by atoms with Gasteiger partial charge in [0, 0.05) is 5.56 Å². The molecule has 0 aliphatic carbocycles. The normalized spacial score (nSPS) is 21.0. The zero-order valence-corrected chi connectivity index (χ0v) is 10.9. The van der Waals surface area contributed by atoms with Gasteiger partial charge in [-0.1, -0.05) is 30.3 Å². The summed E-state index contributed by atoms with van der Waals surface area (Å²) in [5.41, 5.74) is -3.38. The van der Waals surface area contributed by atoms with E-state index in [1.807, 2.05) is 0 Å². The summed E-state index contributed by atoms with van der Waals surface area (Å²) in [7, 11) is 0. The van der Waals surface area contributed by atoms with E-state index >= 15 is 0 Å². The summed E-state index contributed by atoms with van der Waals surface area (Å²) >= 11 is 0. The minimum absolute atomic E-state index is 0.100. The maximum Gasteiger partial charge on any atom is 0.436 e. The van der Waals surface area contributed by atoms with Gasteiger partial charge in [0.2, 0.25) is 5.60 Å². The van der Waals surface area contributed by atoms with Crippen molar-refractivity contribution in [1.82, 2.24) is 0 Å². The molecule has 1 unspecified atom stereocenters. The van der Waals surface area contributed by atoms with Crippen molar-refractivity contribution < 1.29 is 17.9 Å². The smallest absolute Gasteiger partial charge is 0.436 e. The van der Waals surface area contributed by atoms with Crippen molar-refractivity contribution in [2.75, 3.05) is 0 Å². The Labute approximate surface area is 119 Å². The molecule has 1 heterocycles. The van der Waals surface area contributed by atoms with Crippen LogP contribution in [0.1, 0.15) is 12.5 Å². The molecule has 1 aromatic carbocycles. The number of hydrogen-bond acceptors (Lipinski definition) is 3. The van der Waals surface area contributed by atoms with E-state index in [1.165, 1.54) is 43.3 Å². The van der Waals surface area contributed by atoms with Crippen LogP contribution >= 0.6 is 0 Å². The first-order chi connectivity index (χ1) is 9.86. The summed E-state index contributed by atoms with van der Waals surface area (Å²) in [6, 6.07) is 10.2. The molecule has 1 aliphatic heterocycles. The van der Waals surface area contributed by atoms with Gasteiger partial charge in [0.05, 0.1) is 0 Å². The molecule has 6 heteroatoms. The molecule has 0 N–H and O–H groups in total. The lowest BCUT2D eigenvalue weighted by Gasteiger charge is -2.33. The number of rotatable bonds is 1. The summed E-state index contributed by atoms with van der Waals surface area (Å²) in [5, 5.41) is 17.6. The van der Waals surface area contributed by atoms with Gasteiger partial charge in [-0.15, -0.1) is 0 Å². The SMILES string of the molecule is CC1=CC(=C(C#N)C#N)OC1(c1ccccc1)C(F)(F)F. The van der Waals surface area contributed by atoms with E-state index in [4.69, 9.17) is 15.3 Å². The zero-order valence-electron chi connectivity index (χ0n) is 10.9. The number of alkyl halides is 3. The monoisotopic (exact) mass is 290 g/mol. The summed E-state index contributed by atoms with van der Waals surface area (Å²) in [6.07, 6.45) is -3.64. The van der Waals surface area contributed by atoms with Crippen LogP contribution in [0.4, 0.5) is 13.2 Å².